The van der Waals surface area contributed by atoms with Crippen molar-refractivity contribution in [2.75, 3.05) is 0 Å². The molecule has 0 N–H and O–H groups in total. The second-order valence-electron chi connectivity index (χ2n) is 0.271. The summed E-state index contributed by atoms with van der Waals surface area (Å²) in [6.07, 6.45) is 0. The van der Waals surface area contributed by atoms with Gasteiger partial charge in [-0.1, -0.05) is 0 Å². The first-order valence-electron chi connectivity index (χ1n) is 0.478. The molecule has 0 radical (unpaired) electrons. The Balaban J connectivity index is 3.02. The molecule has 0 saturated heterocycles. The van der Waals surface area contributed by atoms with Crippen LogP contribution in [0.4, 0.5) is 0 Å². The topological polar surface area (TPSA) is 0 Å². The van der Waals surface area contributed by atoms with Crippen molar-refractivity contribution in [3.05, 3.63) is 0 Å². The van der Waals surface area contributed by atoms with Gasteiger partial charge in [0.25, 0.3) is 0 Å². The van der Waals surface area contributed by atoms with Crippen molar-refractivity contribution in [2.45, 2.75) is 0 Å². The van der Waals surface area contributed by atoms with Gasteiger partial charge < -0.3 is 0 Å². The average Bonchev–Trinajstić information content (AvgIpc) is 0.722. The molecule has 0 amide bonds. The van der Waals surface area contributed by atoms with Crippen molar-refractivity contribution in [1.29, 1.82) is 0 Å². The molecule has 5 heteroatoms. The molecule has 0 aliphatic carbocycles. The van der Waals surface area contributed by atoms with Gasteiger partial charge in [0.15, 0.2) is 0 Å². The van der Waals surface area contributed by atoms with Gasteiger partial charge >= 0.3 is 78.7 Å². The van der Waals surface area contributed by atoms with Gasteiger partial charge in [0.2, 0.25) is 0 Å². The predicted octanol–water partition coefficient (Wildman–Crippen LogP) is 3.54. The van der Waals surface area contributed by atoms with Gasteiger partial charge in [-0.05, 0) is 0 Å². The molecule has 0 atom stereocenters. The monoisotopic (exact) mass is 703 g/mol. The third kappa shape index (κ3) is 18.4. The predicted molar refractivity (Wildman–Crippen MR) is 56.1 cm³/mol. The zero-order valence-electron chi connectivity index (χ0n) is 1.83. The van der Waals surface area contributed by atoms with Crippen LogP contribution in [0.2, 0.25) is 0 Å². The van der Waals surface area contributed by atoms with Gasteiger partial charge in [-0.2, -0.15) is 0 Å². The summed E-state index contributed by atoms with van der Waals surface area (Å²) in [5.41, 5.74) is 0. The van der Waals surface area contributed by atoms with Gasteiger partial charge in [-0.25, -0.2) is 0 Å². The Hall–Kier alpha value is 3.61. The molecule has 0 spiro atoms. The summed E-state index contributed by atoms with van der Waals surface area (Å²) in [5, 5.41) is 0. The van der Waals surface area contributed by atoms with Crippen LogP contribution in [0.15, 0.2) is 0 Å². The summed E-state index contributed by atoms with van der Waals surface area (Å²) in [5.74, 6) is 0. The Morgan fingerprint density at radius 3 is 0.800 bits per heavy atom. The van der Waals surface area contributed by atoms with Crippen LogP contribution in [0.5, 0.6) is 0 Å². The second-order valence-corrected chi connectivity index (χ2v) is 99.8. The fourth-order valence-corrected chi connectivity index (χ4v) is 0. The third-order valence-corrected chi connectivity index (χ3v) is 0. The average molecular weight is 703 g/mol. The Morgan fingerprint density at radius 1 is 0.800 bits per heavy atom. The van der Waals surface area contributed by atoms with E-state index in [2.05, 4.69) is 77.4 Å². The van der Waals surface area contributed by atoms with Gasteiger partial charge in [0.05, 0.1) is 0 Å². The van der Waals surface area contributed by atoms with E-state index >= 15 is 0 Å². The number of rotatable bonds is 0. The molecule has 0 rings (SSSR count). The molecule has 0 nitrogen and oxygen atoms in total. The first-order valence-corrected chi connectivity index (χ1v) is 26.3. The van der Waals surface area contributed by atoms with E-state index in [1.54, 1.807) is 0 Å². The van der Waals surface area contributed by atoms with Crippen LogP contribution in [-0.2, 0) is 1.33 Å². The summed E-state index contributed by atoms with van der Waals surface area (Å²) < 4.78 is -1.06. The summed E-state index contributed by atoms with van der Waals surface area (Å²) in [6, 6.07) is 0. The fourth-order valence-electron chi connectivity index (χ4n) is 0. The van der Waals surface area contributed by atoms with E-state index in [0.717, 1.165) is 0 Å². The van der Waals surface area contributed by atoms with E-state index in [0.29, 0.717) is 0 Å². The minimum absolute atomic E-state index is 1.06. The molecular formula is I4Pt-2. The molecule has 0 aromatic heterocycles. The molecular weight excluding hydrogens is 703 g/mol. The first kappa shape index (κ1) is 8.61. The molecule has 0 aliphatic heterocycles. The van der Waals surface area contributed by atoms with E-state index in [1.807, 2.05) is 0 Å². The number of hydrogen-bond donors (Lipinski definition) is 0. The molecule has 0 unspecified atom stereocenters. The van der Waals surface area contributed by atoms with Crippen molar-refractivity contribution >= 4 is 77.4 Å². The molecule has 0 heterocycles. The van der Waals surface area contributed by atoms with Crippen LogP contribution in [0.3, 0.4) is 0 Å². The summed E-state index contributed by atoms with van der Waals surface area (Å²) >= 11 is 10.1. The minimum atomic E-state index is -1.06. The Labute approximate surface area is 76.1 Å². The standard InChI is InChI=1S/4HI.Pt/h4*1H;/q;;;;+2/p-4. The van der Waals surface area contributed by atoms with E-state index in [1.165, 1.54) is 0 Å². The molecule has 0 aliphatic rings. The van der Waals surface area contributed by atoms with Crippen molar-refractivity contribution in [1.82, 2.24) is 0 Å². The molecule has 5 heavy (non-hydrogen) atoms. The van der Waals surface area contributed by atoms with Crippen molar-refractivity contribution in [2.24, 2.45) is 0 Å². The van der Waals surface area contributed by atoms with Crippen molar-refractivity contribution < 1.29 is 1.33 Å². The van der Waals surface area contributed by atoms with Gasteiger partial charge in [-0.15, -0.1) is 0 Å². The van der Waals surface area contributed by atoms with Crippen LogP contribution in [0, 0.1) is 0 Å². The Morgan fingerprint density at radius 2 is 0.800 bits per heavy atom. The van der Waals surface area contributed by atoms with E-state index in [9.17, 15) is 0 Å². The Bertz CT molecular complexity index is 19.1. The van der Waals surface area contributed by atoms with E-state index in [4.69, 9.17) is 0 Å². The van der Waals surface area contributed by atoms with Crippen LogP contribution in [-0.4, -0.2) is 0 Å². The second kappa shape index (κ2) is 3.60. The first-order chi connectivity index (χ1) is 2.00. The summed E-state index contributed by atoms with van der Waals surface area (Å²) in [4.78, 5) is 0. The third-order valence-electron chi connectivity index (χ3n) is 0. The van der Waals surface area contributed by atoms with E-state index < -0.39 is 1.33 Å². The maximum absolute atomic E-state index is 2.52. The molecule has 0 bridgehead atoms. The molecule has 0 aromatic rings. The number of hydrogen-bond acceptors (Lipinski definition) is 0. The fraction of sp³-hybridized carbons (Fsp3) is 0. The van der Waals surface area contributed by atoms with Gasteiger partial charge in [0.1, 0.15) is 0 Å². The molecule has 40 valence electrons. The van der Waals surface area contributed by atoms with Crippen LogP contribution in [0.25, 0.3) is 0 Å². The van der Waals surface area contributed by atoms with Crippen LogP contribution < -0.4 is 0 Å². The maximum atomic E-state index is 2.52. The number of halogens is 4. The normalized spacial score (nSPS) is 15.2. The van der Waals surface area contributed by atoms with Gasteiger partial charge in [-0.3, -0.25) is 0 Å². The molecule has 0 aromatic carbocycles. The zero-order valence-corrected chi connectivity index (χ0v) is 12.7. The van der Waals surface area contributed by atoms with Crippen molar-refractivity contribution in [3.63, 3.8) is 0 Å². The summed E-state index contributed by atoms with van der Waals surface area (Å²) in [6.45, 7) is 0. The molecule has 0 saturated carbocycles. The van der Waals surface area contributed by atoms with Crippen molar-refractivity contribution in [3.8, 4) is 0 Å². The van der Waals surface area contributed by atoms with Crippen LogP contribution in [0.1, 0.15) is 0 Å². The van der Waals surface area contributed by atoms with E-state index in [-0.39, 0.29) is 0 Å². The zero-order chi connectivity index (χ0) is 4.50. The van der Waals surface area contributed by atoms with Gasteiger partial charge in [0, 0.05) is 0 Å². The quantitative estimate of drug-likeness (QED) is 0.340. The van der Waals surface area contributed by atoms with Crippen LogP contribution >= 0.6 is 77.4 Å². The SMILES string of the molecule is [I][Pt-2]([I])([I])[I]. The molecule has 0 fully saturated rings. The Kier molecular flexibility index (Phi) is 6.20. The summed E-state index contributed by atoms with van der Waals surface area (Å²) in [7, 11) is 0.